The summed E-state index contributed by atoms with van der Waals surface area (Å²) in [7, 11) is 0. The Morgan fingerprint density at radius 2 is 2.06 bits per heavy atom. The molecule has 0 spiro atoms. The van der Waals surface area contributed by atoms with E-state index in [1.54, 1.807) is 18.3 Å². The number of rotatable bonds is 13. The first-order valence-electron chi connectivity index (χ1n) is 12.5. The molecule has 2 aromatic heterocycles. The molecule has 0 aliphatic rings. The number of aryl methyl sites for hydroxylation is 2. The van der Waals surface area contributed by atoms with E-state index >= 15 is 0 Å². The summed E-state index contributed by atoms with van der Waals surface area (Å²) >= 11 is 0. The van der Waals surface area contributed by atoms with Gasteiger partial charge in [-0.15, -0.1) is 0 Å². The molecule has 0 saturated heterocycles. The van der Waals surface area contributed by atoms with E-state index < -0.39 is 0 Å². The Morgan fingerprint density at radius 1 is 1.28 bits per heavy atom. The summed E-state index contributed by atoms with van der Waals surface area (Å²) in [6.45, 7) is 19.6. The minimum absolute atomic E-state index is 0.0137. The van der Waals surface area contributed by atoms with Crippen LogP contribution in [-0.4, -0.2) is 33.1 Å². The number of aliphatic imine (C=N–C) groups is 1. The van der Waals surface area contributed by atoms with E-state index in [-0.39, 0.29) is 11.4 Å². The maximum atomic E-state index is 12.5. The van der Waals surface area contributed by atoms with Crippen molar-refractivity contribution in [3.63, 3.8) is 0 Å². The maximum absolute atomic E-state index is 12.5. The largest absolute Gasteiger partial charge is 0.338 e. The van der Waals surface area contributed by atoms with Crippen LogP contribution in [0.5, 0.6) is 0 Å². The SMILES string of the molecule is C=C/C=C(\C=C/C)C(C)(C)CCCNC(=O)Nc1ccc(C)c(/N=C(\C=C)c2cnn(CCC)c2)n1. The molecule has 0 unspecified atom stereocenters. The first kappa shape index (κ1) is 28.5. The van der Waals surface area contributed by atoms with Crippen LogP contribution in [0.15, 0.2) is 78.6 Å². The highest BCUT2D eigenvalue weighted by molar-refractivity contribution is 6.09. The first-order chi connectivity index (χ1) is 17.2. The molecule has 0 aliphatic carbocycles. The third kappa shape index (κ3) is 8.48. The number of amides is 2. The lowest BCUT2D eigenvalue weighted by Crippen LogP contribution is -2.30. The molecular formula is C29H40N6O. The van der Waals surface area contributed by atoms with Crippen LogP contribution in [-0.2, 0) is 6.54 Å². The molecule has 36 heavy (non-hydrogen) atoms. The van der Waals surface area contributed by atoms with E-state index in [9.17, 15) is 4.79 Å². The first-order valence-corrected chi connectivity index (χ1v) is 12.5. The molecule has 0 atom stereocenters. The molecular weight excluding hydrogens is 448 g/mol. The van der Waals surface area contributed by atoms with Crippen LogP contribution in [0, 0.1) is 12.3 Å². The molecule has 0 saturated carbocycles. The Morgan fingerprint density at radius 3 is 2.72 bits per heavy atom. The van der Waals surface area contributed by atoms with Crippen molar-refractivity contribution in [2.75, 3.05) is 11.9 Å². The van der Waals surface area contributed by atoms with Gasteiger partial charge in [0.2, 0.25) is 0 Å². The van der Waals surface area contributed by atoms with E-state index in [0.29, 0.717) is 23.9 Å². The van der Waals surface area contributed by atoms with E-state index in [0.717, 1.165) is 36.9 Å². The molecule has 7 nitrogen and oxygen atoms in total. The normalized spacial score (nSPS) is 12.6. The Labute approximate surface area is 215 Å². The van der Waals surface area contributed by atoms with Crippen molar-refractivity contribution in [1.82, 2.24) is 20.1 Å². The lowest BCUT2D eigenvalue weighted by molar-refractivity contribution is 0.251. The fraction of sp³-hybridized carbons (Fsp3) is 0.379. The van der Waals surface area contributed by atoms with E-state index in [1.807, 2.05) is 49.0 Å². The van der Waals surface area contributed by atoms with Crippen LogP contribution in [0.2, 0.25) is 0 Å². The molecule has 2 aromatic rings. The summed E-state index contributed by atoms with van der Waals surface area (Å²) in [6, 6.07) is 3.37. The summed E-state index contributed by atoms with van der Waals surface area (Å²) in [5.41, 5.74) is 3.66. The number of allylic oxidation sites excluding steroid dienone is 6. The second-order valence-corrected chi connectivity index (χ2v) is 9.26. The predicted octanol–water partition coefficient (Wildman–Crippen LogP) is 6.92. The van der Waals surface area contributed by atoms with Crippen LogP contribution in [0.1, 0.15) is 58.1 Å². The van der Waals surface area contributed by atoms with Crippen LogP contribution >= 0.6 is 0 Å². The lowest BCUT2D eigenvalue weighted by atomic mass is 9.79. The van der Waals surface area contributed by atoms with Crippen LogP contribution < -0.4 is 10.6 Å². The monoisotopic (exact) mass is 488 g/mol. The maximum Gasteiger partial charge on any atom is 0.320 e. The fourth-order valence-electron chi connectivity index (χ4n) is 3.74. The summed E-state index contributed by atoms with van der Waals surface area (Å²) in [4.78, 5) is 21.7. The van der Waals surface area contributed by atoms with Gasteiger partial charge in [-0.1, -0.05) is 64.3 Å². The Balaban J connectivity index is 2.00. The molecule has 0 radical (unpaired) electrons. The van der Waals surface area contributed by atoms with Gasteiger partial charge in [-0.2, -0.15) is 5.10 Å². The van der Waals surface area contributed by atoms with Crippen molar-refractivity contribution >= 4 is 23.4 Å². The summed E-state index contributed by atoms with van der Waals surface area (Å²) < 4.78 is 1.88. The van der Waals surface area contributed by atoms with Gasteiger partial charge in [0.15, 0.2) is 5.82 Å². The van der Waals surface area contributed by atoms with Gasteiger partial charge in [-0.3, -0.25) is 10.00 Å². The number of urea groups is 1. The molecule has 2 amide bonds. The smallest absolute Gasteiger partial charge is 0.320 e. The molecule has 0 bridgehead atoms. The third-order valence-electron chi connectivity index (χ3n) is 5.80. The minimum Gasteiger partial charge on any atom is -0.338 e. The number of aromatic nitrogens is 3. The zero-order chi connectivity index (χ0) is 26.6. The van der Waals surface area contributed by atoms with Crippen molar-refractivity contribution in [3.05, 3.63) is 84.8 Å². The number of pyridine rings is 1. The predicted molar refractivity (Wildman–Crippen MR) is 151 cm³/mol. The van der Waals surface area contributed by atoms with Crippen molar-refractivity contribution in [2.45, 2.75) is 60.4 Å². The van der Waals surface area contributed by atoms with Crippen LogP contribution in [0.3, 0.4) is 0 Å². The summed E-state index contributed by atoms with van der Waals surface area (Å²) in [5.74, 6) is 0.963. The topological polar surface area (TPSA) is 84.2 Å². The van der Waals surface area contributed by atoms with Gasteiger partial charge in [0.05, 0.1) is 11.9 Å². The number of anilines is 1. The van der Waals surface area contributed by atoms with Crippen molar-refractivity contribution in [1.29, 1.82) is 0 Å². The van der Waals surface area contributed by atoms with Crippen LogP contribution in [0.25, 0.3) is 0 Å². The molecule has 7 heteroatoms. The second-order valence-electron chi connectivity index (χ2n) is 9.26. The number of hydrogen-bond donors (Lipinski definition) is 2. The number of nitrogens with zero attached hydrogens (tertiary/aromatic N) is 4. The standard InChI is InChI=1S/C29H40N6O/c1-8-13-24(14-9-2)29(6,7)17-12-18-30-28(36)34-26-16-15-22(5)27(33-26)32-25(11-4)23-20-31-35(21-23)19-10-3/h8-9,11,13-16,20-21H,1,4,10,12,17-19H2,2-3,5-7H3,(H2,30,33,34,36)/b14-9-,24-13+,32-25+. The highest BCUT2D eigenvalue weighted by Gasteiger charge is 2.20. The summed E-state index contributed by atoms with van der Waals surface area (Å²) in [5, 5.41) is 10.1. The van der Waals surface area contributed by atoms with E-state index in [1.165, 1.54) is 5.57 Å². The quantitative estimate of drug-likeness (QED) is 0.182. The molecule has 2 heterocycles. The Bertz CT molecular complexity index is 1140. The van der Waals surface area contributed by atoms with Gasteiger partial charge in [-0.05, 0) is 61.8 Å². The highest BCUT2D eigenvalue weighted by Crippen LogP contribution is 2.32. The van der Waals surface area contributed by atoms with Crippen LogP contribution in [0.4, 0.5) is 16.4 Å². The third-order valence-corrected chi connectivity index (χ3v) is 5.80. The second kappa shape index (κ2) is 14.0. The molecule has 0 aromatic carbocycles. The van der Waals surface area contributed by atoms with Gasteiger partial charge in [-0.25, -0.2) is 14.8 Å². The average molecular weight is 489 g/mol. The highest BCUT2D eigenvalue weighted by atomic mass is 16.2. The van der Waals surface area contributed by atoms with E-state index in [2.05, 4.69) is 65.7 Å². The fourth-order valence-corrected chi connectivity index (χ4v) is 3.74. The summed E-state index contributed by atoms with van der Waals surface area (Å²) in [6.07, 6.45) is 16.2. The molecule has 2 N–H and O–H groups in total. The number of nitrogens with one attached hydrogen (secondary N) is 2. The minimum atomic E-state index is -0.292. The Hall–Kier alpha value is -3.74. The van der Waals surface area contributed by atoms with Gasteiger partial charge in [0, 0.05) is 24.8 Å². The van der Waals surface area contributed by atoms with Crippen molar-refractivity contribution < 1.29 is 4.79 Å². The van der Waals surface area contributed by atoms with Gasteiger partial charge >= 0.3 is 6.03 Å². The van der Waals surface area contributed by atoms with Gasteiger partial charge < -0.3 is 5.32 Å². The lowest BCUT2D eigenvalue weighted by Gasteiger charge is -2.26. The molecule has 0 aliphatic heterocycles. The zero-order valence-corrected chi connectivity index (χ0v) is 22.3. The number of carbonyl (C=O) groups excluding carboxylic acids is 1. The Kier molecular flexibility index (Phi) is 11.1. The van der Waals surface area contributed by atoms with E-state index in [4.69, 9.17) is 0 Å². The van der Waals surface area contributed by atoms with Crippen molar-refractivity contribution in [3.8, 4) is 0 Å². The van der Waals surface area contributed by atoms with Gasteiger partial charge in [0.1, 0.15) is 5.82 Å². The van der Waals surface area contributed by atoms with Crippen molar-refractivity contribution in [2.24, 2.45) is 10.4 Å². The molecule has 192 valence electrons. The average Bonchev–Trinajstić information content (AvgIpc) is 3.30. The molecule has 0 fully saturated rings. The van der Waals surface area contributed by atoms with Gasteiger partial charge in [0.25, 0.3) is 0 Å². The molecule has 2 rings (SSSR count). The zero-order valence-electron chi connectivity index (χ0n) is 22.3. The number of carbonyl (C=O) groups is 1. The number of hydrogen-bond acceptors (Lipinski definition) is 4.